The van der Waals surface area contributed by atoms with Crippen molar-refractivity contribution in [1.82, 2.24) is 0 Å². The van der Waals surface area contributed by atoms with Gasteiger partial charge in [0.25, 0.3) is 0 Å². The van der Waals surface area contributed by atoms with Gasteiger partial charge in [-0.05, 0) is 19.4 Å². The highest BCUT2D eigenvalue weighted by Gasteiger charge is 2.30. The van der Waals surface area contributed by atoms with Gasteiger partial charge >= 0.3 is 5.97 Å². The Balaban J connectivity index is 2.92. The molecule has 0 saturated carbocycles. The van der Waals surface area contributed by atoms with Crippen molar-refractivity contribution in [3.63, 3.8) is 0 Å². The van der Waals surface area contributed by atoms with E-state index in [9.17, 15) is 9.59 Å². The first kappa shape index (κ1) is 14.4. The number of ether oxygens (including phenoxy) is 2. The molecule has 2 atom stereocenters. The summed E-state index contributed by atoms with van der Waals surface area (Å²) in [4.78, 5) is 23.6. The van der Waals surface area contributed by atoms with Crippen LogP contribution < -0.4 is 0 Å². The van der Waals surface area contributed by atoms with E-state index in [4.69, 9.17) is 4.74 Å². The third-order valence-electron chi connectivity index (χ3n) is 2.68. The summed E-state index contributed by atoms with van der Waals surface area (Å²) in [7, 11) is 1.27. The highest BCUT2D eigenvalue weighted by molar-refractivity contribution is 6.01. The molecule has 0 bridgehead atoms. The summed E-state index contributed by atoms with van der Waals surface area (Å²) >= 11 is 0. The molecule has 18 heavy (non-hydrogen) atoms. The summed E-state index contributed by atoms with van der Waals surface area (Å²) in [5, 5.41) is 0. The molecule has 0 saturated heterocycles. The van der Waals surface area contributed by atoms with E-state index in [1.807, 2.05) is 37.3 Å². The van der Waals surface area contributed by atoms with E-state index in [0.717, 1.165) is 5.56 Å². The van der Waals surface area contributed by atoms with Gasteiger partial charge < -0.3 is 9.47 Å². The van der Waals surface area contributed by atoms with Crippen LogP contribution in [-0.2, 0) is 19.1 Å². The summed E-state index contributed by atoms with van der Waals surface area (Å²) < 4.78 is 10.0. The number of benzene rings is 1. The van der Waals surface area contributed by atoms with E-state index >= 15 is 0 Å². The Bertz CT molecular complexity index is 400. The Morgan fingerprint density at radius 1 is 1.22 bits per heavy atom. The maximum absolute atomic E-state index is 12.2. The van der Waals surface area contributed by atoms with Crippen LogP contribution in [0, 0.1) is 5.92 Å². The molecule has 1 aromatic carbocycles. The van der Waals surface area contributed by atoms with E-state index in [1.165, 1.54) is 14.0 Å². The van der Waals surface area contributed by atoms with Gasteiger partial charge in [-0.2, -0.15) is 0 Å². The number of rotatable bonds is 6. The first-order chi connectivity index (χ1) is 8.61. The summed E-state index contributed by atoms with van der Waals surface area (Å²) in [6.07, 6.45) is -0.717. The average molecular weight is 250 g/mol. The molecule has 2 unspecified atom stereocenters. The maximum Gasteiger partial charge on any atom is 0.316 e. The molecule has 0 fully saturated rings. The van der Waals surface area contributed by atoms with Crippen LogP contribution in [0.1, 0.15) is 25.5 Å². The zero-order chi connectivity index (χ0) is 13.5. The minimum Gasteiger partial charge on any atom is -0.468 e. The van der Waals surface area contributed by atoms with Crippen LogP contribution >= 0.6 is 0 Å². The second-order valence-electron chi connectivity index (χ2n) is 3.89. The lowest BCUT2D eigenvalue weighted by atomic mass is 9.96. The third kappa shape index (κ3) is 3.40. The summed E-state index contributed by atoms with van der Waals surface area (Å²) in [5.74, 6) is -1.65. The predicted octanol–water partition coefficient (Wildman–Crippen LogP) is 2.14. The van der Waals surface area contributed by atoms with Gasteiger partial charge in [0.1, 0.15) is 12.0 Å². The van der Waals surface area contributed by atoms with Crippen LogP contribution in [0.15, 0.2) is 30.3 Å². The molecule has 0 N–H and O–H groups in total. The summed E-state index contributed by atoms with van der Waals surface area (Å²) in [6.45, 7) is 3.74. The fourth-order valence-corrected chi connectivity index (χ4v) is 1.66. The molecule has 0 amide bonds. The average Bonchev–Trinajstić information content (AvgIpc) is 2.43. The molecule has 0 aliphatic heterocycles. The molecule has 0 heterocycles. The van der Waals surface area contributed by atoms with Crippen molar-refractivity contribution in [1.29, 1.82) is 0 Å². The largest absolute Gasteiger partial charge is 0.468 e. The number of Topliss-reactive ketones (excluding diaryl/α,β-unsaturated/α-hetero) is 1. The lowest BCUT2D eigenvalue weighted by molar-refractivity contribution is -0.152. The molecule has 98 valence electrons. The summed E-state index contributed by atoms with van der Waals surface area (Å²) in [5.41, 5.74) is 0.750. The van der Waals surface area contributed by atoms with Crippen molar-refractivity contribution in [3.05, 3.63) is 35.9 Å². The van der Waals surface area contributed by atoms with Gasteiger partial charge in [-0.25, -0.2) is 0 Å². The van der Waals surface area contributed by atoms with Crippen molar-refractivity contribution >= 4 is 11.8 Å². The highest BCUT2D eigenvalue weighted by Crippen LogP contribution is 2.22. The van der Waals surface area contributed by atoms with E-state index in [1.54, 1.807) is 0 Å². The Kier molecular flexibility index (Phi) is 5.52. The Labute approximate surface area is 107 Å². The second-order valence-corrected chi connectivity index (χ2v) is 3.89. The quantitative estimate of drug-likeness (QED) is 0.573. The number of esters is 1. The lowest BCUT2D eigenvalue weighted by Gasteiger charge is -2.19. The fraction of sp³-hybridized carbons (Fsp3) is 0.429. The van der Waals surface area contributed by atoms with Crippen LogP contribution in [0.2, 0.25) is 0 Å². The minimum absolute atomic E-state index is 0.282. The monoisotopic (exact) mass is 250 g/mol. The van der Waals surface area contributed by atoms with Crippen molar-refractivity contribution in [2.75, 3.05) is 13.7 Å². The van der Waals surface area contributed by atoms with Gasteiger partial charge in [0.05, 0.1) is 7.11 Å². The van der Waals surface area contributed by atoms with Gasteiger partial charge in [0.2, 0.25) is 0 Å². The minimum atomic E-state index is -0.827. The topological polar surface area (TPSA) is 52.6 Å². The molecule has 0 radical (unpaired) electrons. The molecule has 1 rings (SSSR count). The van der Waals surface area contributed by atoms with Gasteiger partial charge in [0.15, 0.2) is 5.78 Å². The third-order valence-corrected chi connectivity index (χ3v) is 2.68. The standard InChI is InChI=1S/C14H18O4/c1-4-18-13(11-8-6-5-7-9-11)12(15)10(2)14(16)17-3/h5-10,13H,4H2,1-3H3. The fourth-order valence-electron chi connectivity index (χ4n) is 1.66. The van der Waals surface area contributed by atoms with E-state index in [0.29, 0.717) is 6.61 Å². The molecule has 4 heteroatoms. The van der Waals surface area contributed by atoms with Gasteiger partial charge in [-0.3, -0.25) is 9.59 Å². The Morgan fingerprint density at radius 3 is 2.33 bits per heavy atom. The smallest absolute Gasteiger partial charge is 0.316 e. The first-order valence-electron chi connectivity index (χ1n) is 5.89. The number of carbonyl (C=O) groups is 2. The van der Waals surface area contributed by atoms with Gasteiger partial charge in [0, 0.05) is 6.61 Å². The van der Waals surface area contributed by atoms with Gasteiger partial charge in [-0.1, -0.05) is 30.3 Å². The van der Waals surface area contributed by atoms with Crippen LogP contribution in [0.25, 0.3) is 0 Å². The number of ketones is 1. The second kappa shape index (κ2) is 6.91. The van der Waals surface area contributed by atoms with Crippen LogP contribution in [0.4, 0.5) is 0 Å². The predicted molar refractivity (Wildman–Crippen MR) is 67.0 cm³/mol. The number of carbonyl (C=O) groups excluding carboxylic acids is 2. The van der Waals surface area contributed by atoms with Gasteiger partial charge in [-0.15, -0.1) is 0 Å². The number of hydrogen-bond donors (Lipinski definition) is 0. The molecule has 1 aromatic rings. The summed E-state index contributed by atoms with van der Waals surface area (Å²) in [6, 6.07) is 9.14. The van der Waals surface area contributed by atoms with Crippen molar-refractivity contribution in [2.24, 2.45) is 5.92 Å². The first-order valence-corrected chi connectivity index (χ1v) is 5.89. The zero-order valence-corrected chi connectivity index (χ0v) is 10.9. The lowest BCUT2D eigenvalue weighted by Crippen LogP contribution is -2.29. The molecular formula is C14H18O4. The van der Waals surface area contributed by atoms with Crippen LogP contribution in [0.3, 0.4) is 0 Å². The number of hydrogen-bond acceptors (Lipinski definition) is 4. The zero-order valence-electron chi connectivity index (χ0n) is 10.9. The van der Waals surface area contributed by atoms with Crippen LogP contribution in [0.5, 0.6) is 0 Å². The molecule has 0 aliphatic carbocycles. The Hall–Kier alpha value is -1.68. The Morgan fingerprint density at radius 2 is 1.83 bits per heavy atom. The molecular weight excluding hydrogens is 232 g/mol. The van der Waals surface area contributed by atoms with E-state index < -0.39 is 18.0 Å². The van der Waals surface area contributed by atoms with E-state index in [-0.39, 0.29) is 5.78 Å². The van der Waals surface area contributed by atoms with Crippen molar-refractivity contribution in [3.8, 4) is 0 Å². The van der Waals surface area contributed by atoms with Crippen molar-refractivity contribution < 1.29 is 19.1 Å². The highest BCUT2D eigenvalue weighted by atomic mass is 16.5. The number of methoxy groups -OCH3 is 1. The molecule has 0 spiro atoms. The normalized spacial score (nSPS) is 13.7. The van der Waals surface area contributed by atoms with Crippen molar-refractivity contribution in [2.45, 2.75) is 20.0 Å². The SMILES string of the molecule is CCOC(C(=O)C(C)C(=O)OC)c1ccccc1. The maximum atomic E-state index is 12.2. The molecule has 4 nitrogen and oxygen atoms in total. The molecule has 0 aromatic heterocycles. The molecule has 0 aliphatic rings. The van der Waals surface area contributed by atoms with E-state index in [2.05, 4.69) is 4.74 Å². The van der Waals surface area contributed by atoms with Crippen LogP contribution in [-0.4, -0.2) is 25.5 Å².